The Labute approximate surface area is 152 Å². The maximum atomic E-state index is 12.2. The fourth-order valence-electron chi connectivity index (χ4n) is 2.30. The van der Waals surface area contributed by atoms with Crippen LogP contribution in [-0.2, 0) is 0 Å². The standard InChI is InChI=1S/C19H12BrNO4/c20-17-12-14(13-5-2-1-3-6-13)9-10-18(17)25-19(22)15-7-4-8-16(11-15)21(23)24/h1-12H. The molecule has 0 aliphatic carbocycles. The van der Waals surface area contributed by atoms with Crippen LogP contribution in [0.15, 0.2) is 77.3 Å². The van der Waals surface area contributed by atoms with Crippen LogP contribution in [0.5, 0.6) is 5.75 Å². The van der Waals surface area contributed by atoms with Gasteiger partial charge in [-0.3, -0.25) is 10.1 Å². The van der Waals surface area contributed by atoms with Crippen LogP contribution in [0.1, 0.15) is 10.4 Å². The number of halogens is 1. The molecule has 0 saturated carbocycles. The summed E-state index contributed by atoms with van der Waals surface area (Å²) in [5, 5.41) is 10.8. The first-order valence-corrected chi connectivity index (χ1v) is 8.15. The Bertz CT molecular complexity index is 941. The van der Waals surface area contributed by atoms with Crippen LogP contribution in [0.2, 0.25) is 0 Å². The summed E-state index contributed by atoms with van der Waals surface area (Å²) in [7, 11) is 0. The number of rotatable bonds is 4. The third-order valence-electron chi connectivity index (χ3n) is 3.53. The lowest BCUT2D eigenvalue weighted by Gasteiger charge is -2.09. The lowest BCUT2D eigenvalue weighted by atomic mass is 10.1. The smallest absolute Gasteiger partial charge is 0.343 e. The van der Waals surface area contributed by atoms with Crippen LogP contribution < -0.4 is 4.74 Å². The van der Waals surface area contributed by atoms with E-state index in [1.165, 1.54) is 24.3 Å². The van der Waals surface area contributed by atoms with Crippen molar-refractivity contribution >= 4 is 27.6 Å². The van der Waals surface area contributed by atoms with Gasteiger partial charge in [0.25, 0.3) is 5.69 Å². The summed E-state index contributed by atoms with van der Waals surface area (Å²) in [6.07, 6.45) is 0. The lowest BCUT2D eigenvalue weighted by molar-refractivity contribution is -0.384. The van der Waals surface area contributed by atoms with E-state index in [0.717, 1.165) is 11.1 Å². The zero-order valence-corrected chi connectivity index (χ0v) is 14.5. The van der Waals surface area contributed by atoms with Crippen molar-refractivity contribution in [2.75, 3.05) is 0 Å². The second-order valence-corrected chi connectivity index (χ2v) is 6.06. The molecule has 25 heavy (non-hydrogen) atoms. The Balaban J connectivity index is 1.82. The number of non-ortho nitro benzene ring substituents is 1. The Hall–Kier alpha value is -2.99. The minimum Gasteiger partial charge on any atom is -0.422 e. The van der Waals surface area contributed by atoms with E-state index in [4.69, 9.17) is 4.74 Å². The SMILES string of the molecule is O=C(Oc1ccc(-c2ccccc2)cc1Br)c1cccc([N+](=O)[O-])c1. The first-order valence-electron chi connectivity index (χ1n) is 7.36. The molecule has 0 atom stereocenters. The van der Waals surface area contributed by atoms with Crippen molar-refractivity contribution in [2.24, 2.45) is 0 Å². The second-order valence-electron chi connectivity index (χ2n) is 5.21. The van der Waals surface area contributed by atoms with E-state index in [1.54, 1.807) is 6.07 Å². The van der Waals surface area contributed by atoms with Crippen LogP contribution >= 0.6 is 15.9 Å². The number of benzene rings is 3. The topological polar surface area (TPSA) is 69.4 Å². The largest absolute Gasteiger partial charge is 0.422 e. The summed E-state index contributed by atoms with van der Waals surface area (Å²) < 4.78 is 5.97. The molecule has 3 rings (SSSR count). The number of nitro benzene ring substituents is 1. The summed E-state index contributed by atoms with van der Waals surface area (Å²) in [5.74, 6) is -0.312. The first kappa shape index (κ1) is 16.9. The van der Waals surface area contributed by atoms with Gasteiger partial charge in [-0.2, -0.15) is 0 Å². The van der Waals surface area contributed by atoms with Crippen LogP contribution in [0.3, 0.4) is 0 Å². The van der Waals surface area contributed by atoms with Crippen molar-refractivity contribution in [2.45, 2.75) is 0 Å². The van der Waals surface area contributed by atoms with Crippen LogP contribution in [-0.4, -0.2) is 10.9 Å². The van der Waals surface area contributed by atoms with Gasteiger partial charge in [-0.15, -0.1) is 0 Å². The average Bonchev–Trinajstić information content (AvgIpc) is 2.64. The molecule has 0 bridgehead atoms. The van der Waals surface area contributed by atoms with Crippen LogP contribution in [0.4, 0.5) is 5.69 Å². The molecule has 0 unspecified atom stereocenters. The fraction of sp³-hybridized carbons (Fsp3) is 0. The first-order chi connectivity index (χ1) is 12.0. The molecule has 0 fully saturated rings. The lowest BCUT2D eigenvalue weighted by Crippen LogP contribution is -2.09. The van der Waals surface area contributed by atoms with Crippen molar-refractivity contribution in [3.05, 3.63) is 92.9 Å². The highest BCUT2D eigenvalue weighted by Gasteiger charge is 2.15. The summed E-state index contributed by atoms with van der Waals surface area (Å²) in [4.78, 5) is 22.5. The predicted molar refractivity (Wildman–Crippen MR) is 97.6 cm³/mol. The van der Waals surface area contributed by atoms with E-state index in [2.05, 4.69) is 15.9 Å². The van der Waals surface area contributed by atoms with E-state index >= 15 is 0 Å². The minimum atomic E-state index is -0.656. The Morgan fingerprint density at radius 1 is 0.920 bits per heavy atom. The van der Waals surface area contributed by atoms with Gasteiger partial charge in [-0.1, -0.05) is 42.5 Å². The summed E-state index contributed by atoms with van der Waals surface area (Å²) in [5.41, 5.74) is 1.98. The molecular weight excluding hydrogens is 386 g/mol. The highest BCUT2D eigenvalue weighted by molar-refractivity contribution is 9.10. The van der Waals surface area contributed by atoms with E-state index in [-0.39, 0.29) is 11.3 Å². The fourth-order valence-corrected chi connectivity index (χ4v) is 2.76. The zero-order chi connectivity index (χ0) is 17.8. The number of esters is 1. The normalized spacial score (nSPS) is 10.3. The maximum absolute atomic E-state index is 12.2. The molecule has 0 spiro atoms. The van der Waals surface area contributed by atoms with Gasteiger partial charge in [0.15, 0.2) is 0 Å². The third-order valence-corrected chi connectivity index (χ3v) is 4.15. The number of hydrogen-bond acceptors (Lipinski definition) is 4. The molecule has 0 aliphatic rings. The number of nitrogens with zero attached hydrogens (tertiary/aromatic N) is 1. The highest BCUT2D eigenvalue weighted by atomic mass is 79.9. The van der Waals surface area contributed by atoms with E-state index in [0.29, 0.717) is 10.2 Å². The van der Waals surface area contributed by atoms with Crippen molar-refractivity contribution in [1.82, 2.24) is 0 Å². The molecule has 0 amide bonds. The van der Waals surface area contributed by atoms with Crippen molar-refractivity contribution in [1.29, 1.82) is 0 Å². The maximum Gasteiger partial charge on any atom is 0.343 e. The molecule has 0 saturated heterocycles. The van der Waals surface area contributed by atoms with Crippen molar-refractivity contribution in [3.63, 3.8) is 0 Å². The van der Waals surface area contributed by atoms with Crippen LogP contribution in [0.25, 0.3) is 11.1 Å². The molecular formula is C19H12BrNO4. The number of carbonyl (C=O) groups is 1. The van der Waals surface area contributed by atoms with Gasteiger partial charge in [0.05, 0.1) is 15.0 Å². The molecule has 6 heteroatoms. The van der Waals surface area contributed by atoms with Gasteiger partial charge < -0.3 is 4.74 Å². The average molecular weight is 398 g/mol. The molecule has 0 aliphatic heterocycles. The second kappa shape index (κ2) is 7.27. The Morgan fingerprint density at radius 2 is 1.68 bits per heavy atom. The van der Waals surface area contributed by atoms with Crippen molar-refractivity contribution < 1.29 is 14.5 Å². The quantitative estimate of drug-likeness (QED) is 0.261. The number of nitro groups is 1. The number of carbonyl (C=O) groups excluding carboxylic acids is 1. The van der Waals surface area contributed by atoms with Gasteiger partial charge in [-0.05, 0) is 45.3 Å². The van der Waals surface area contributed by atoms with Gasteiger partial charge >= 0.3 is 5.97 Å². The summed E-state index contributed by atoms with van der Waals surface area (Å²) >= 11 is 3.40. The van der Waals surface area contributed by atoms with Gasteiger partial charge in [0, 0.05) is 12.1 Å². The van der Waals surface area contributed by atoms with Gasteiger partial charge in [-0.25, -0.2) is 4.79 Å². The zero-order valence-electron chi connectivity index (χ0n) is 12.9. The van der Waals surface area contributed by atoms with Gasteiger partial charge in [0.2, 0.25) is 0 Å². The molecule has 0 N–H and O–H groups in total. The predicted octanol–water partition coefficient (Wildman–Crippen LogP) is 5.24. The molecule has 3 aromatic rings. The van der Waals surface area contributed by atoms with E-state index in [1.807, 2.05) is 42.5 Å². The number of hydrogen-bond donors (Lipinski definition) is 0. The van der Waals surface area contributed by atoms with E-state index in [9.17, 15) is 14.9 Å². The minimum absolute atomic E-state index is 0.119. The Kier molecular flexibility index (Phi) is 4.90. The summed E-state index contributed by atoms with van der Waals surface area (Å²) in [6, 6.07) is 20.6. The van der Waals surface area contributed by atoms with E-state index < -0.39 is 10.9 Å². The molecule has 0 heterocycles. The molecule has 5 nitrogen and oxygen atoms in total. The van der Waals surface area contributed by atoms with Gasteiger partial charge in [0.1, 0.15) is 5.75 Å². The van der Waals surface area contributed by atoms with Crippen molar-refractivity contribution in [3.8, 4) is 16.9 Å². The molecule has 124 valence electrons. The summed E-state index contributed by atoms with van der Waals surface area (Å²) in [6.45, 7) is 0. The molecule has 0 radical (unpaired) electrons. The van der Waals surface area contributed by atoms with Crippen LogP contribution in [0, 0.1) is 10.1 Å². The molecule has 0 aromatic heterocycles. The monoisotopic (exact) mass is 397 g/mol. The Morgan fingerprint density at radius 3 is 2.36 bits per heavy atom. The number of ether oxygens (including phenoxy) is 1. The molecule has 3 aromatic carbocycles. The highest BCUT2D eigenvalue weighted by Crippen LogP contribution is 2.31. The third kappa shape index (κ3) is 3.92.